The molecule has 2 aromatic heterocycles. The van der Waals surface area contributed by atoms with E-state index < -0.39 is 0 Å². The highest BCUT2D eigenvalue weighted by Gasteiger charge is 2.27. The van der Waals surface area contributed by atoms with E-state index in [9.17, 15) is 9.18 Å². The third kappa shape index (κ3) is 4.32. The molecule has 3 heterocycles. The SMILES string of the molecule is Cc1[nH]c2ccccc2c1C(=O)C(C)Sc1nnc(-c2ccc(F)cc2)n1CC1CCCO1. The van der Waals surface area contributed by atoms with Crippen molar-refractivity contribution in [1.29, 1.82) is 0 Å². The Bertz CT molecular complexity index is 1290. The number of para-hydroxylation sites is 1. The summed E-state index contributed by atoms with van der Waals surface area (Å²) in [6.45, 7) is 5.17. The van der Waals surface area contributed by atoms with Crippen molar-refractivity contribution in [2.75, 3.05) is 6.61 Å². The van der Waals surface area contributed by atoms with Crippen LogP contribution in [0.25, 0.3) is 22.3 Å². The second-order valence-electron chi connectivity index (χ2n) is 8.35. The Balaban J connectivity index is 1.46. The standard InChI is InChI=1S/C25H25FN4O2S/c1-15-22(20-7-3-4-8-21(20)27-15)23(31)16(2)33-25-29-28-24(17-9-11-18(26)12-10-17)30(25)14-19-6-5-13-32-19/h3-4,7-12,16,19,27H,5-6,13-14H2,1-2H3. The number of Topliss-reactive ketones (excluding diaryl/α,β-unsaturated/α-hetero) is 1. The van der Waals surface area contributed by atoms with Crippen LogP contribution < -0.4 is 0 Å². The van der Waals surface area contributed by atoms with Crippen molar-refractivity contribution < 1.29 is 13.9 Å². The molecule has 8 heteroatoms. The van der Waals surface area contributed by atoms with Crippen molar-refractivity contribution in [3.8, 4) is 11.4 Å². The summed E-state index contributed by atoms with van der Waals surface area (Å²) in [6, 6.07) is 14.1. The van der Waals surface area contributed by atoms with Gasteiger partial charge in [0, 0.05) is 34.3 Å². The average molecular weight is 465 g/mol. The number of nitrogens with one attached hydrogen (secondary N) is 1. The summed E-state index contributed by atoms with van der Waals surface area (Å²) in [5.41, 5.74) is 3.31. The highest BCUT2D eigenvalue weighted by Crippen LogP contribution is 2.32. The molecule has 4 aromatic rings. The van der Waals surface area contributed by atoms with Gasteiger partial charge in [-0.15, -0.1) is 10.2 Å². The number of ketones is 1. The lowest BCUT2D eigenvalue weighted by Crippen LogP contribution is -2.19. The van der Waals surface area contributed by atoms with Crippen molar-refractivity contribution in [2.45, 2.75) is 49.7 Å². The number of nitrogens with zero attached hydrogens (tertiary/aromatic N) is 3. The number of fused-ring (bicyclic) bond motifs is 1. The van der Waals surface area contributed by atoms with Gasteiger partial charge in [-0.1, -0.05) is 30.0 Å². The molecule has 170 valence electrons. The van der Waals surface area contributed by atoms with Gasteiger partial charge in [0.15, 0.2) is 16.8 Å². The Morgan fingerprint density at radius 3 is 2.79 bits per heavy atom. The molecule has 5 rings (SSSR count). The Morgan fingerprint density at radius 2 is 2.03 bits per heavy atom. The normalized spacial score (nSPS) is 17.0. The van der Waals surface area contributed by atoms with Gasteiger partial charge in [0.1, 0.15) is 5.82 Å². The lowest BCUT2D eigenvalue weighted by Gasteiger charge is -2.16. The van der Waals surface area contributed by atoms with Crippen LogP contribution in [-0.4, -0.2) is 43.5 Å². The molecule has 1 aliphatic rings. The van der Waals surface area contributed by atoms with Crippen LogP contribution in [0.5, 0.6) is 0 Å². The van der Waals surface area contributed by atoms with E-state index in [4.69, 9.17) is 4.74 Å². The zero-order chi connectivity index (χ0) is 22.9. The number of carbonyl (C=O) groups excluding carboxylic acids is 1. The molecule has 0 bridgehead atoms. The molecule has 0 radical (unpaired) electrons. The maximum absolute atomic E-state index is 13.5. The smallest absolute Gasteiger partial charge is 0.192 e. The van der Waals surface area contributed by atoms with E-state index in [-0.39, 0.29) is 23.0 Å². The third-order valence-corrected chi connectivity index (χ3v) is 7.10. The van der Waals surface area contributed by atoms with E-state index in [1.165, 1.54) is 23.9 Å². The van der Waals surface area contributed by atoms with Crippen molar-refractivity contribution in [2.24, 2.45) is 0 Å². The van der Waals surface area contributed by atoms with Gasteiger partial charge in [0.25, 0.3) is 0 Å². The summed E-state index contributed by atoms with van der Waals surface area (Å²) < 4.78 is 21.3. The molecule has 33 heavy (non-hydrogen) atoms. The first-order chi connectivity index (χ1) is 16.0. The number of hydrogen-bond donors (Lipinski definition) is 1. The Labute approximate surface area is 195 Å². The first-order valence-corrected chi connectivity index (χ1v) is 12.0. The van der Waals surface area contributed by atoms with Gasteiger partial charge >= 0.3 is 0 Å². The van der Waals surface area contributed by atoms with Crippen LogP contribution in [0.2, 0.25) is 0 Å². The largest absolute Gasteiger partial charge is 0.376 e. The quantitative estimate of drug-likeness (QED) is 0.292. The maximum Gasteiger partial charge on any atom is 0.192 e. The van der Waals surface area contributed by atoms with Crippen LogP contribution in [0.1, 0.15) is 35.8 Å². The number of carbonyl (C=O) groups is 1. The van der Waals surface area contributed by atoms with Crippen LogP contribution in [0.4, 0.5) is 4.39 Å². The number of rotatable bonds is 7. The summed E-state index contributed by atoms with van der Waals surface area (Å²) in [6.07, 6.45) is 2.06. The number of halogens is 1. The molecule has 2 aromatic carbocycles. The zero-order valence-corrected chi connectivity index (χ0v) is 19.4. The molecule has 1 aliphatic heterocycles. The molecule has 0 spiro atoms. The van der Waals surface area contributed by atoms with Crippen molar-refractivity contribution in [3.05, 3.63) is 65.6 Å². The molecule has 6 nitrogen and oxygen atoms in total. The van der Waals surface area contributed by atoms with E-state index in [1.54, 1.807) is 12.1 Å². The highest BCUT2D eigenvalue weighted by atomic mass is 32.2. The number of ether oxygens (including phenoxy) is 1. The van der Waals surface area contributed by atoms with Gasteiger partial charge in [-0.3, -0.25) is 9.36 Å². The summed E-state index contributed by atoms with van der Waals surface area (Å²) in [5, 5.41) is 10.0. The predicted octanol–water partition coefficient (Wildman–Crippen LogP) is 5.42. The Morgan fingerprint density at radius 1 is 1.24 bits per heavy atom. The molecule has 1 fully saturated rings. The van der Waals surface area contributed by atoms with E-state index in [0.29, 0.717) is 17.5 Å². The number of aromatic amines is 1. The van der Waals surface area contributed by atoms with E-state index in [1.807, 2.05) is 42.7 Å². The minimum absolute atomic E-state index is 0.0462. The Hall–Kier alpha value is -2.97. The molecular weight excluding hydrogens is 439 g/mol. The first-order valence-electron chi connectivity index (χ1n) is 11.1. The minimum atomic E-state index is -0.364. The zero-order valence-electron chi connectivity index (χ0n) is 18.5. The van der Waals surface area contributed by atoms with E-state index in [2.05, 4.69) is 15.2 Å². The monoisotopic (exact) mass is 464 g/mol. The third-order valence-electron chi connectivity index (χ3n) is 6.02. The number of H-pyrrole nitrogens is 1. The molecule has 2 atom stereocenters. The highest BCUT2D eigenvalue weighted by molar-refractivity contribution is 8.00. The average Bonchev–Trinajstić information content (AvgIpc) is 3.53. The number of hydrogen-bond acceptors (Lipinski definition) is 5. The molecule has 2 unspecified atom stereocenters. The lowest BCUT2D eigenvalue weighted by atomic mass is 10.1. The lowest BCUT2D eigenvalue weighted by molar-refractivity contribution is 0.0953. The van der Waals surface area contributed by atoms with Gasteiger partial charge in [0.2, 0.25) is 0 Å². The Kier molecular flexibility index (Phi) is 6.03. The molecule has 1 N–H and O–H groups in total. The second-order valence-corrected chi connectivity index (χ2v) is 9.66. The first kappa shape index (κ1) is 21.9. The predicted molar refractivity (Wildman–Crippen MR) is 127 cm³/mol. The van der Waals surface area contributed by atoms with Gasteiger partial charge in [-0.25, -0.2) is 4.39 Å². The summed E-state index contributed by atoms with van der Waals surface area (Å²) in [4.78, 5) is 16.8. The fraction of sp³-hybridized carbons (Fsp3) is 0.320. The minimum Gasteiger partial charge on any atom is -0.376 e. The van der Waals surface area contributed by atoms with Crippen LogP contribution in [-0.2, 0) is 11.3 Å². The van der Waals surface area contributed by atoms with Gasteiger partial charge < -0.3 is 9.72 Å². The number of thioether (sulfide) groups is 1. The van der Waals surface area contributed by atoms with Crippen LogP contribution in [0, 0.1) is 12.7 Å². The summed E-state index contributed by atoms with van der Waals surface area (Å²) >= 11 is 1.39. The topological polar surface area (TPSA) is 72.8 Å². The summed E-state index contributed by atoms with van der Waals surface area (Å²) in [5.74, 6) is 0.396. The van der Waals surface area contributed by atoms with Gasteiger partial charge in [-0.2, -0.15) is 0 Å². The molecule has 0 amide bonds. The molecular formula is C25H25FN4O2S. The fourth-order valence-electron chi connectivity index (χ4n) is 4.35. The fourth-order valence-corrected chi connectivity index (χ4v) is 5.27. The van der Waals surface area contributed by atoms with E-state index in [0.717, 1.165) is 47.2 Å². The number of benzene rings is 2. The second kappa shape index (κ2) is 9.11. The molecule has 0 saturated carbocycles. The van der Waals surface area contributed by atoms with Gasteiger partial charge in [-0.05, 0) is 57.0 Å². The molecule has 0 aliphatic carbocycles. The van der Waals surface area contributed by atoms with E-state index >= 15 is 0 Å². The summed E-state index contributed by atoms with van der Waals surface area (Å²) in [7, 11) is 0. The van der Waals surface area contributed by atoms with Crippen LogP contribution in [0.3, 0.4) is 0 Å². The maximum atomic E-state index is 13.5. The number of aromatic nitrogens is 4. The van der Waals surface area contributed by atoms with Crippen molar-refractivity contribution >= 4 is 28.4 Å². The number of aryl methyl sites for hydroxylation is 1. The molecule has 1 saturated heterocycles. The van der Waals surface area contributed by atoms with Gasteiger partial charge in [0.05, 0.1) is 17.9 Å². The van der Waals surface area contributed by atoms with Crippen LogP contribution >= 0.6 is 11.8 Å². The van der Waals surface area contributed by atoms with Crippen molar-refractivity contribution in [3.63, 3.8) is 0 Å². The van der Waals surface area contributed by atoms with Crippen molar-refractivity contribution in [1.82, 2.24) is 19.7 Å². The van der Waals surface area contributed by atoms with Crippen LogP contribution in [0.15, 0.2) is 53.7 Å².